The van der Waals surface area contributed by atoms with Crippen molar-refractivity contribution in [2.24, 2.45) is 0 Å². The lowest BCUT2D eigenvalue weighted by Crippen LogP contribution is -2.29. The fraction of sp³-hybridized carbons (Fsp3) is 0.0455. The SMILES string of the molecule is Fc1cccc(CN(Nc2ccc3[nH]cc(Cl)c3c2)c2ccc3[nH]ncc3c2)c1. The first kappa shape index (κ1) is 17.6. The highest BCUT2D eigenvalue weighted by Gasteiger charge is 2.11. The Balaban J connectivity index is 1.53. The van der Waals surface area contributed by atoms with E-state index in [1.54, 1.807) is 18.5 Å². The number of halogens is 2. The second kappa shape index (κ2) is 7.14. The third-order valence-electron chi connectivity index (χ3n) is 4.86. The Morgan fingerprint density at radius 1 is 1.03 bits per heavy atom. The van der Waals surface area contributed by atoms with Gasteiger partial charge in [-0.3, -0.25) is 15.5 Å². The minimum Gasteiger partial charge on any atom is -0.360 e. The molecule has 7 heteroatoms. The normalized spacial score (nSPS) is 11.2. The Bertz CT molecular complexity index is 1310. The van der Waals surface area contributed by atoms with Crippen molar-refractivity contribution in [1.29, 1.82) is 0 Å². The van der Waals surface area contributed by atoms with Gasteiger partial charge in [0.1, 0.15) is 5.82 Å². The van der Waals surface area contributed by atoms with Crippen molar-refractivity contribution in [2.75, 3.05) is 10.4 Å². The van der Waals surface area contributed by atoms with Gasteiger partial charge in [-0.1, -0.05) is 23.7 Å². The number of hydrazine groups is 1. The van der Waals surface area contributed by atoms with Crippen molar-refractivity contribution in [3.63, 3.8) is 0 Å². The van der Waals surface area contributed by atoms with Gasteiger partial charge in [-0.15, -0.1) is 0 Å². The number of nitrogens with zero attached hydrogens (tertiary/aromatic N) is 2. The number of fused-ring (bicyclic) bond motifs is 2. The summed E-state index contributed by atoms with van der Waals surface area (Å²) in [6.45, 7) is 0.472. The highest BCUT2D eigenvalue weighted by molar-refractivity contribution is 6.35. The summed E-state index contributed by atoms with van der Waals surface area (Å²) < 4.78 is 13.7. The molecule has 5 nitrogen and oxygen atoms in total. The van der Waals surface area contributed by atoms with E-state index >= 15 is 0 Å². The van der Waals surface area contributed by atoms with Crippen LogP contribution in [0.25, 0.3) is 21.8 Å². The lowest BCUT2D eigenvalue weighted by molar-refractivity contribution is 0.625. The van der Waals surface area contributed by atoms with Crippen LogP contribution in [-0.4, -0.2) is 15.2 Å². The number of aromatic nitrogens is 3. The average molecular weight is 406 g/mol. The Morgan fingerprint density at radius 3 is 2.83 bits per heavy atom. The van der Waals surface area contributed by atoms with Crippen LogP contribution in [0.1, 0.15) is 5.56 Å². The molecular weight excluding hydrogens is 389 g/mol. The van der Waals surface area contributed by atoms with E-state index in [0.717, 1.165) is 38.7 Å². The van der Waals surface area contributed by atoms with Crippen molar-refractivity contribution in [3.05, 3.63) is 89.5 Å². The summed E-state index contributed by atoms with van der Waals surface area (Å²) in [5.41, 5.74) is 8.03. The van der Waals surface area contributed by atoms with E-state index in [1.165, 1.54) is 12.1 Å². The molecule has 3 aromatic carbocycles. The maximum atomic E-state index is 13.7. The van der Waals surface area contributed by atoms with Gasteiger partial charge in [0.2, 0.25) is 0 Å². The maximum absolute atomic E-state index is 13.7. The molecule has 0 amide bonds. The molecule has 0 radical (unpaired) electrons. The van der Waals surface area contributed by atoms with Gasteiger partial charge >= 0.3 is 0 Å². The molecule has 0 saturated heterocycles. The maximum Gasteiger partial charge on any atom is 0.123 e. The van der Waals surface area contributed by atoms with Crippen LogP contribution in [0.5, 0.6) is 0 Å². The average Bonchev–Trinajstić information content (AvgIpc) is 3.34. The lowest BCUT2D eigenvalue weighted by Gasteiger charge is -2.27. The van der Waals surface area contributed by atoms with Crippen molar-refractivity contribution in [1.82, 2.24) is 15.2 Å². The van der Waals surface area contributed by atoms with E-state index < -0.39 is 0 Å². The summed E-state index contributed by atoms with van der Waals surface area (Å²) in [6.07, 6.45) is 3.55. The number of rotatable bonds is 5. The van der Waals surface area contributed by atoms with Crippen LogP contribution < -0.4 is 10.4 Å². The van der Waals surface area contributed by atoms with E-state index in [0.29, 0.717) is 11.6 Å². The number of hydrogen-bond donors (Lipinski definition) is 3. The first-order valence-electron chi connectivity index (χ1n) is 9.14. The molecule has 3 N–H and O–H groups in total. The quantitative estimate of drug-likeness (QED) is 0.320. The van der Waals surface area contributed by atoms with E-state index in [-0.39, 0.29) is 5.82 Å². The summed E-state index contributed by atoms with van der Waals surface area (Å²) in [5.74, 6) is -0.256. The molecule has 2 heterocycles. The predicted molar refractivity (Wildman–Crippen MR) is 116 cm³/mol. The van der Waals surface area contributed by atoms with E-state index in [2.05, 4.69) is 20.6 Å². The van der Waals surface area contributed by atoms with E-state index in [1.807, 2.05) is 47.5 Å². The van der Waals surface area contributed by atoms with Crippen molar-refractivity contribution < 1.29 is 4.39 Å². The molecule has 0 fully saturated rings. The van der Waals surface area contributed by atoms with Crippen LogP contribution in [0.4, 0.5) is 15.8 Å². The van der Waals surface area contributed by atoms with Gasteiger partial charge in [0, 0.05) is 22.5 Å². The number of aromatic amines is 2. The summed E-state index contributed by atoms with van der Waals surface area (Å²) in [5, 5.41) is 11.6. The molecular formula is C22H17ClFN5. The number of anilines is 2. The van der Waals surface area contributed by atoms with Crippen LogP contribution in [0.3, 0.4) is 0 Å². The zero-order chi connectivity index (χ0) is 19.8. The van der Waals surface area contributed by atoms with Crippen LogP contribution in [-0.2, 0) is 6.54 Å². The van der Waals surface area contributed by atoms with Gasteiger partial charge in [-0.2, -0.15) is 5.10 Å². The molecule has 0 spiro atoms. The molecule has 0 atom stereocenters. The number of H-pyrrole nitrogens is 2. The third-order valence-corrected chi connectivity index (χ3v) is 5.17. The van der Waals surface area contributed by atoms with Gasteiger partial charge < -0.3 is 4.98 Å². The zero-order valence-electron chi connectivity index (χ0n) is 15.3. The molecule has 5 rings (SSSR count). The summed E-state index contributed by atoms with van der Waals surface area (Å²) in [4.78, 5) is 3.14. The Morgan fingerprint density at radius 2 is 1.93 bits per heavy atom. The van der Waals surface area contributed by atoms with Gasteiger partial charge in [0.15, 0.2) is 0 Å². The monoisotopic (exact) mass is 405 g/mol. The van der Waals surface area contributed by atoms with E-state index in [4.69, 9.17) is 11.6 Å². The lowest BCUT2D eigenvalue weighted by atomic mass is 10.2. The highest BCUT2D eigenvalue weighted by Crippen LogP contribution is 2.28. The van der Waals surface area contributed by atoms with Crippen LogP contribution in [0.15, 0.2) is 73.1 Å². The number of hydrogen-bond acceptors (Lipinski definition) is 3. The highest BCUT2D eigenvalue weighted by atomic mass is 35.5. The van der Waals surface area contributed by atoms with Crippen molar-refractivity contribution in [2.45, 2.75) is 6.54 Å². The first-order valence-corrected chi connectivity index (χ1v) is 9.52. The largest absolute Gasteiger partial charge is 0.360 e. The standard InChI is InChI=1S/C22H17ClFN5/c23-20-12-25-22-6-4-17(10-19(20)22)28-29(13-14-2-1-3-16(24)8-14)18-5-7-21-15(9-18)11-26-27-21/h1-12,25,28H,13H2,(H,26,27). The summed E-state index contributed by atoms with van der Waals surface area (Å²) in [7, 11) is 0. The molecule has 0 aliphatic heterocycles. The van der Waals surface area contributed by atoms with Crippen LogP contribution in [0, 0.1) is 5.82 Å². The fourth-order valence-corrected chi connectivity index (χ4v) is 3.63. The van der Waals surface area contributed by atoms with Crippen LogP contribution in [0.2, 0.25) is 5.02 Å². The molecule has 2 aromatic heterocycles. The van der Waals surface area contributed by atoms with Gasteiger partial charge in [0.05, 0.1) is 34.7 Å². The summed E-state index contributed by atoms with van der Waals surface area (Å²) in [6, 6.07) is 18.5. The molecule has 0 saturated carbocycles. The third kappa shape index (κ3) is 3.50. The molecule has 0 aliphatic carbocycles. The number of benzene rings is 3. The molecule has 5 aromatic rings. The molecule has 0 aliphatic rings. The smallest absolute Gasteiger partial charge is 0.123 e. The Kier molecular flexibility index (Phi) is 4.33. The summed E-state index contributed by atoms with van der Waals surface area (Å²) >= 11 is 6.27. The minimum absolute atomic E-state index is 0.256. The first-order chi connectivity index (χ1) is 14.2. The van der Waals surface area contributed by atoms with Crippen molar-refractivity contribution in [3.8, 4) is 0 Å². The predicted octanol–water partition coefficient (Wildman–Crippen LogP) is 5.87. The van der Waals surface area contributed by atoms with E-state index in [9.17, 15) is 4.39 Å². The zero-order valence-corrected chi connectivity index (χ0v) is 16.0. The van der Waals surface area contributed by atoms with Crippen LogP contribution >= 0.6 is 11.6 Å². The number of nitrogens with one attached hydrogen (secondary N) is 3. The topological polar surface area (TPSA) is 59.7 Å². The Labute approximate surface area is 171 Å². The van der Waals surface area contributed by atoms with Crippen molar-refractivity contribution >= 4 is 44.8 Å². The Hall–Kier alpha value is -3.51. The molecule has 0 unspecified atom stereocenters. The molecule has 144 valence electrons. The fourth-order valence-electron chi connectivity index (χ4n) is 3.42. The van der Waals surface area contributed by atoms with Gasteiger partial charge in [-0.25, -0.2) is 4.39 Å². The second-order valence-electron chi connectivity index (χ2n) is 6.87. The second-order valence-corrected chi connectivity index (χ2v) is 7.27. The van der Waals surface area contributed by atoms with Gasteiger partial charge in [0.25, 0.3) is 0 Å². The van der Waals surface area contributed by atoms with Gasteiger partial charge in [-0.05, 0) is 54.1 Å². The minimum atomic E-state index is -0.256. The molecule has 29 heavy (non-hydrogen) atoms. The molecule has 0 bridgehead atoms.